The fourth-order valence-electron chi connectivity index (χ4n) is 3.89. The van der Waals surface area contributed by atoms with Crippen LogP contribution >= 0.6 is 0 Å². The first-order valence-electron chi connectivity index (χ1n) is 10.5. The van der Waals surface area contributed by atoms with Crippen LogP contribution in [0.2, 0.25) is 0 Å². The molecule has 0 aliphatic carbocycles. The summed E-state index contributed by atoms with van der Waals surface area (Å²) >= 11 is 0. The first-order valence-corrected chi connectivity index (χ1v) is 10.5. The second-order valence-corrected chi connectivity index (χ2v) is 8.15. The summed E-state index contributed by atoms with van der Waals surface area (Å²) in [6.45, 7) is -0.526. The van der Waals surface area contributed by atoms with E-state index >= 15 is 0 Å². The Kier molecular flexibility index (Phi) is 6.46. The second kappa shape index (κ2) is 9.25. The summed E-state index contributed by atoms with van der Waals surface area (Å²) in [6.07, 6.45) is -8.72. The number of pyridine rings is 1. The molecular formula is C26H17F7N2O. The van der Waals surface area contributed by atoms with Crippen molar-refractivity contribution >= 4 is 16.8 Å². The molecule has 4 aromatic rings. The van der Waals surface area contributed by atoms with E-state index < -0.39 is 41.7 Å². The molecule has 3 nitrogen and oxygen atoms in total. The number of rotatable bonds is 4. The molecule has 0 atom stereocenters. The van der Waals surface area contributed by atoms with Crippen molar-refractivity contribution in [3.8, 4) is 11.1 Å². The van der Waals surface area contributed by atoms with Gasteiger partial charge in [-0.25, -0.2) is 4.39 Å². The normalized spacial score (nSPS) is 12.1. The van der Waals surface area contributed by atoms with Crippen LogP contribution in [0.15, 0.2) is 72.9 Å². The van der Waals surface area contributed by atoms with Gasteiger partial charge in [0.1, 0.15) is 5.82 Å². The van der Waals surface area contributed by atoms with Crippen molar-refractivity contribution in [1.82, 2.24) is 9.88 Å². The zero-order valence-electron chi connectivity index (χ0n) is 18.6. The molecule has 0 saturated heterocycles. The van der Waals surface area contributed by atoms with E-state index in [9.17, 15) is 35.5 Å². The molecule has 0 spiro atoms. The predicted octanol–water partition coefficient (Wildman–Crippen LogP) is 7.35. The molecule has 0 saturated carbocycles. The fraction of sp³-hybridized carbons (Fsp3) is 0.154. The van der Waals surface area contributed by atoms with Gasteiger partial charge >= 0.3 is 12.4 Å². The predicted molar refractivity (Wildman–Crippen MR) is 119 cm³/mol. The topological polar surface area (TPSA) is 33.2 Å². The van der Waals surface area contributed by atoms with Crippen LogP contribution in [0, 0.1) is 5.82 Å². The molecule has 0 fully saturated rings. The number of carbonyl (C=O) groups is 1. The number of carbonyl (C=O) groups excluding carboxylic acids is 1. The molecule has 0 bridgehead atoms. The van der Waals surface area contributed by atoms with Crippen LogP contribution in [-0.4, -0.2) is 22.8 Å². The first kappa shape index (κ1) is 25.2. The number of nitrogens with zero attached hydrogens (tertiary/aromatic N) is 2. The van der Waals surface area contributed by atoms with Crippen LogP contribution in [-0.2, 0) is 18.9 Å². The smallest absolute Gasteiger partial charge is 0.337 e. The highest BCUT2D eigenvalue weighted by Gasteiger charge is 2.37. The number of hydrogen-bond donors (Lipinski definition) is 0. The summed E-state index contributed by atoms with van der Waals surface area (Å²) in [5.74, 6) is -1.18. The lowest BCUT2D eigenvalue weighted by Gasteiger charge is -2.21. The molecule has 10 heteroatoms. The van der Waals surface area contributed by atoms with Gasteiger partial charge in [-0.1, -0.05) is 30.3 Å². The Morgan fingerprint density at radius 1 is 0.861 bits per heavy atom. The molecular weight excluding hydrogens is 489 g/mol. The van der Waals surface area contributed by atoms with Crippen molar-refractivity contribution in [3.05, 3.63) is 101 Å². The Balaban J connectivity index is 1.77. The van der Waals surface area contributed by atoms with Crippen molar-refractivity contribution in [2.45, 2.75) is 18.9 Å². The second-order valence-electron chi connectivity index (χ2n) is 8.15. The molecule has 0 unspecified atom stereocenters. The van der Waals surface area contributed by atoms with Gasteiger partial charge in [0, 0.05) is 30.7 Å². The maximum atomic E-state index is 13.5. The number of aromatic nitrogens is 1. The zero-order valence-corrected chi connectivity index (χ0v) is 18.6. The third-order valence-corrected chi connectivity index (χ3v) is 5.55. The molecule has 1 heterocycles. The van der Waals surface area contributed by atoms with Gasteiger partial charge in [-0.05, 0) is 47.5 Å². The Labute approximate surface area is 200 Å². The Morgan fingerprint density at radius 2 is 1.44 bits per heavy atom. The monoisotopic (exact) mass is 506 g/mol. The van der Waals surface area contributed by atoms with E-state index in [4.69, 9.17) is 0 Å². The van der Waals surface area contributed by atoms with Crippen LogP contribution in [0.3, 0.4) is 0 Å². The highest BCUT2D eigenvalue weighted by atomic mass is 19.4. The highest BCUT2D eigenvalue weighted by molar-refractivity contribution is 6.08. The summed E-state index contributed by atoms with van der Waals surface area (Å²) in [7, 11) is 1.26. The van der Waals surface area contributed by atoms with Crippen LogP contribution in [0.25, 0.3) is 22.0 Å². The summed E-state index contributed by atoms with van der Waals surface area (Å²) in [6, 6.07) is 13.4. The van der Waals surface area contributed by atoms with Crippen LogP contribution in [0.5, 0.6) is 0 Å². The minimum absolute atomic E-state index is 0.0329. The largest absolute Gasteiger partial charge is 0.416 e. The maximum absolute atomic E-state index is 13.5. The number of amides is 1. The lowest BCUT2D eigenvalue weighted by atomic mass is 9.95. The number of para-hydroxylation sites is 1. The first-order chi connectivity index (χ1) is 16.8. The zero-order chi connectivity index (χ0) is 26.3. The molecule has 1 aromatic heterocycles. The summed E-state index contributed by atoms with van der Waals surface area (Å²) in [5.41, 5.74) is -1.76. The van der Waals surface area contributed by atoms with Gasteiger partial charge in [0.25, 0.3) is 5.91 Å². The Bertz CT molecular complexity index is 1400. The molecule has 0 radical (unpaired) electrons. The summed E-state index contributed by atoms with van der Waals surface area (Å²) in [4.78, 5) is 18.7. The van der Waals surface area contributed by atoms with Crippen molar-refractivity contribution in [2.75, 3.05) is 7.05 Å². The lowest BCUT2D eigenvalue weighted by molar-refractivity contribution is -0.143. The van der Waals surface area contributed by atoms with Crippen LogP contribution < -0.4 is 0 Å². The van der Waals surface area contributed by atoms with Crippen molar-refractivity contribution in [2.24, 2.45) is 0 Å². The maximum Gasteiger partial charge on any atom is 0.416 e. The number of fused-ring (bicyclic) bond motifs is 1. The summed E-state index contributed by atoms with van der Waals surface area (Å²) in [5, 5.41) is 0.571. The van der Waals surface area contributed by atoms with Gasteiger partial charge < -0.3 is 4.90 Å². The van der Waals surface area contributed by atoms with Crippen LogP contribution in [0.4, 0.5) is 30.7 Å². The molecule has 3 aromatic carbocycles. The van der Waals surface area contributed by atoms with E-state index in [2.05, 4.69) is 4.98 Å². The minimum Gasteiger partial charge on any atom is -0.337 e. The van der Waals surface area contributed by atoms with Crippen molar-refractivity contribution < 1.29 is 35.5 Å². The van der Waals surface area contributed by atoms with Gasteiger partial charge in [-0.2, -0.15) is 26.3 Å². The molecule has 0 aliphatic heterocycles. The fourth-order valence-corrected chi connectivity index (χ4v) is 3.89. The molecule has 0 aliphatic rings. The third kappa shape index (κ3) is 5.17. The lowest BCUT2D eigenvalue weighted by Crippen LogP contribution is -2.27. The average Bonchev–Trinajstić information content (AvgIpc) is 2.82. The van der Waals surface area contributed by atoms with Crippen LogP contribution in [0.1, 0.15) is 27.0 Å². The highest BCUT2D eigenvalue weighted by Crippen LogP contribution is 2.37. The number of halogens is 7. The quantitative estimate of drug-likeness (QED) is 0.271. The van der Waals surface area contributed by atoms with E-state index in [1.165, 1.54) is 37.5 Å². The van der Waals surface area contributed by atoms with Crippen molar-refractivity contribution in [1.29, 1.82) is 0 Å². The van der Waals surface area contributed by atoms with E-state index in [1.807, 2.05) is 0 Å². The van der Waals surface area contributed by atoms with E-state index in [0.29, 0.717) is 34.2 Å². The minimum atomic E-state index is -5.00. The molecule has 4 rings (SSSR count). The van der Waals surface area contributed by atoms with Crippen molar-refractivity contribution in [3.63, 3.8) is 0 Å². The van der Waals surface area contributed by atoms with Gasteiger partial charge in [0.05, 0.1) is 22.2 Å². The van der Waals surface area contributed by atoms with Gasteiger partial charge in [-0.15, -0.1) is 0 Å². The third-order valence-electron chi connectivity index (χ3n) is 5.55. The average molecular weight is 506 g/mol. The Hall–Kier alpha value is -3.95. The van der Waals surface area contributed by atoms with Gasteiger partial charge in [0.2, 0.25) is 0 Å². The molecule has 1 amide bonds. The van der Waals surface area contributed by atoms with E-state index in [-0.39, 0.29) is 17.2 Å². The van der Waals surface area contributed by atoms with Gasteiger partial charge in [0.15, 0.2) is 0 Å². The van der Waals surface area contributed by atoms with E-state index in [1.54, 1.807) is 24.3 Å². The van der Waals surface area contributed by atoms with Gasteiger partial charge in [-0.3, -0.25) is 9.78 Å². The number of hydrogen-bond acceptors (Lipinski definition) is 2. The standard InChI is InChI=1S/C26H17F7N2O/c1-35(14-15-10-17(25(28,29)30)12-18(11-15)26(31,32)33)24(36)21-13-34-22-5-3-2-4-20(22)23(21)16-6-8-19(27)9-7-16/h2-13H,14H2,1H3. The Morgan fingerprint density at radius 3 is 2.03 bits per heavy atom. The molecule has 0 N–H and O–H groups in total. The number of benzene rings is 3. The number of alkyl halides is 6. The molecule has 36 heavy (non-hydrogen) atoms. The molecule has 186 valence electrons. The SMILES string of the molecule is CN(Cc1cc(C(F)(F)F)cc(C(F)(F)F)c1)C(=O)c1cnc2ccccc2c1-c1ccc(F)cc1. The van der Waals surface area contributed by atoms with E-state index in [0.717, 1.165) is 4.90 Å². The summed E-state index contributed by atoms with van der Waals surface area (Å²) < 4.78 is 92.9.